The van der Waals surface area contributed by atoms with Gasteiger partial charge in [0.2, 0.25) is 0 Å². The van der Waals surface area contributed by atoms with Crippen molar-refractivity contribution in [1.82, 2.24) is 10.2 Å². The van der Waals surface area contributed by atoms with Crippen LogP contribution in [0.2, 0.25) is 0 Å². The summed E-state index contributed by atoms with van der Waals surface area (Å²) < 4.78 is 59.8. The van der Waals surface area contributed by atoms with Gasteiger partial charge in [-0.2, -0.15) is 13.2 Å². The van der Waals surface area contributed by atoms with E-state index in [1.54, 1.807) is 25.4 Å². The fraction of sp³-hybridized carbons (Fsp3) is 0.281. The highest BCUT2D eigenvalue weighted by molar-refractivity contribution is 6.13. The third kappa shape index (κ3) is 9.32. The fourth-order valence-electron chi connectivity index (χ4n) is 4.24. The van der Waals surface area contributed by atoms with Crippen molar-refractivity contribution < 1.29 is 36.6 Å². The number of hydrogen-bond donors (Lipinski definition) is 3. The van der Waals surface area contributed by atoms with Crippen LogP contribution >= 0.6 is 0 Å². The van der Waals surface area contributed by atoms with Gasteiger partial charge in [0.25, 0.3) is 5.91 Å². The molecule has 1 aliphatic heterocycles. The van der Waals surface area contributed by atoms with E-state index in [1.807, 2.05) is 42.2 Å². The van der Waals surface area contributed by atoms with Crippen LogP contribution in [0, 0.1) is 11.2 Å². The predicted molar refractivity (Wildman–Crippen MR) is 160 cm³/mol. The standard InChI is InChI=1S/C24H27N3O4.C8H7F4N/c1-3-31-22-9-6-18(12-23(22)30-2)13-26-24(29)19-7-4-17(5-8-19)14-27-11-10-21(25)20(15-27)16-28;1-13-5-2-3-7(9)6(4-5)8(10,11)12/h4-9,12,15-16,25H,3,10-11,13-14H2,1-2H3,(H,26,29);2-4,13H,1H3. The number of amides is 1. The van der Waals surface area contributed by atoms with E-state index < -0.39 is 17.6 Å². The van der Waals surface area contributed by atoms with Gasteiger partial charge < -0.3 is 30.4 Å². The number of halogens is 4. The van der Waals surface area contributed by atoms with Gasteiger partial charge in [0.05, 0.1) is 24.9 Å². The molecule has 3 aromatic carbocycles. The maximum atomic E-state index is 12.7. The third-order valence-electron chi connectivity index (χ3n) is 6.59. The zero-order chi connectivity index (χ0) is 32.3. The molecule has 0 aromatic heterocycles. The first-order valence-corrected chi connectivity index (χ1v) is 13.7. The lowest BCUT2D eigenvalue weighted by Gasteiger charge is -2.25. The Kier molecular flexibility index (Phi) is 11.9. The molecule has 0 saturated carbocycles. The highest BCUT2D eigenvalue weighted by Crippen LogP contribution is 2.33. The van der Waals surface area contributed by atoms with Crippen LogP contribution in [0.1, 0.15) is 40.4 Å². The minimum atomic E-state index is -4.64. The van der Waals surface area contributed by atoms with Gasteiger partial charge in [0, 0.05) is 56.3 Å². The molecule has 1 amide bonds. The van der Waals surface area contributed by atoms with Crippen molar-refractivity contribution in [2.24, 2.45) is 0 Å². The molecule has 0 atom stereocenters. The first-order valence-electron chi connectivity index (χ1n) is 13.7. The van der Waals surface area contributed by atoms with E-state index in [-0.39, 0.29) is 11.6 Å². The number of nitrogens with one attached hydrogen (secondary N) is 3. The number of carbonyl (C=O) groups is 2. The van der Waals surface area contributed by atoms with Crippen LogP contribution in [0.25, 0.3) is 0 Å². The minimum Gasteiger partial charge on any atom is -0.493 e. The number of aldehydes is 1. The fourth-order valence-corrected chi connectivity index (χ4v) is 4.24. The average Bonchev–Trinajstić information content (AvgIpc) is 3.01. The van der Waals surface area contributed by atoms with Gasteiger partial charge in [-0.3, -0.25) is 9.59 Å². The largest absolute Gasteiger partial charge is 0.493 e. The van der Waals surface area contributed by atoms with Crippen molar-refractivity contribution in [1.29, 1.82) is 5.41 Å². The molecule has 0 saturated heterocycles. The molecule has 1 aliphatic rings. The minimum absolute atomic E-state index is 0.158. The Balaban J connectivity index is 0.000000340. The molecule has 0 radical (unpaired) electrons. The van der Waals surface area contributed by atoms with E-state index in [0.29, 0.717) is 61.0 Å². The summed E-state index contributed by atoms with van der Waals surface area (Å²) in [5, 5.41) is 13.2. The van der Waals surface area contributed by atoms with Gasteiger partial charge in [0.15, 0.2) is 17.8 Å². The Labute approximate surface area is 253 Å². The summed E-state index contributed by atoms with van der Waals surface area (Å²) in [4.78, 5) is 25.6. The molecule has 8 nitrogen and oxygen atoms in total. The van der Waals surface area contributed by atoms with Crippen molar-refractivity contribution in [3.8, 4) is 11.5 Å². The predicted octanol–water partition coefficient (Wildman–Crippen LogP) is 6.22. The molecule has 3 N–H and O–H groups in total. The Morgan fingerprint density at radius 2 is 1.75 bits per heavy atom. The number of rotatable bonds is 10. The summed E-state index contributed by atoms with van der Waals surface area (Å²) in [5.74, 6) is -0.102. The maximum Gasteiger partial charge on any atom is 0.419 e. The van der Waals surface area contributed by atoms with E-state index in [9.17, 15) is 27.2 Å². The van der Waals surface area contributed by atoms with Crippen LogP contribution < -0.4 is 20.1 Å². The molecule has 0 aliphatic carbocycles. The van der Waals surface area contributed by atoms with Gasteiger partial charge >= 0.3 is 6.18 Å². The third-order valence-corrected chi connectivity index (χ3v) is 6.59. The molecule has 44 heavy (non-hydrogen) atoms. The van der Waals surface area contributed by atoms with E-state index in [1.165, 1.54) is 13.1 Å². The summed E-state index contributed by atoms with van der Waals surface area (Å²) in [7, 11) is 3.05. The van der Waals surface area contributed by atoms with E-state index >= 15 is 0 Å². The molecule has 0 spiro atoms. The van der Waals surface area contributed by atoms with E-state index in [4.69, 9.17) is 14.9 Å². The van der Waals surface area contributed by atoms with Crippen molar-refractivity contribution >= 4 is 23.6 Å². The van der Waals surface area contributed by atoms with Gasteiger partial charge in [0.1, 0.15) is 5.82 Å². The summed E-state index contributed by atoms with van der Waals surface area (Å²) in [6, 6.07) is 15.7. The molecule has 3 aromatic rings. The molecule has 0 unspecified atom stereocenters. The second-order valence-corrected chi connectivity index (χ2v) is 9.64. The highest BCUT2D eigenvalue weighted by atomic mass is 19.4. The molecular weight excluding hydrogens is 580 g/mol. The monoisotopic (exact) mass is 614 g/mol. The van der Waals surface area contributed by atoms with Crippen molar-refractivity contribution in [3.63, 3.8) is 0 Å². The number of alkyl halides is 3. The topological polar surface area (TPSA) is 104 Å². The van der Waals surface area contributed by atoms with Crippen LogP contribution in [0.4, 0.5) is 23.2 Å². The second kappa shape index (κ2) is 15.6. The average molecular weight is 615 g/mol. The van der Waals surface area contributed by atoms with E-state index in [2.05, 4.69) is 10.6 Å². The number of hydrogen-bond acceptors (Lipinski definition) is 7. The summed E-state index contributed by atoms with van der Waals surface area (Å²) in [5.41, 5.74) is 2.30. The van der Waals surface area contributed by atoms with Crippen molar-refractivity contribution in [2.75, 3.05) is 32.6 Å². The van der Waals surface area contributed by atoms with Crippen LogP contribution in [0.3, 0.4) is 0 Å². The number of carbonyl (C=O) groups excluding carboxylic acids is 2. The van der Waals surface area contributed by atoms with Gasteiger partial charge in [-0.05, 0) is 60.5 Å². The number of allylic oxidation sites excluding steroid dienone is 1. The number of ether oxygens (including phenoxy) is 2. The molecular formula is C32H34F4N4O4. The lowest BCUT2D eigenvalue weighted by molar-refractivity contribution is -0.139. The Morgan fingerprint density at radius 1 is 1.05 bits per heavy atom. The zero-order valence-corrected chi connectivity index (χ0v) is 24.6. The molecule has 0 bridgehead atoms. The first kappa shape index (κ1) is 33.6. The van der Waals surface area contributed by atoms with Crippen LogP contribution in [0.15, 0.2) is 72.4 Å². The number of benzene rings is 3. The summed E-state index contributed by atoms with van der Waals surface area (Å²) in [6.07, 6.45) is -1.63. The lowest BCUT2D eigenvalue weighted by atomic mass is 10.1. The lowest BCUT2D eigenvalue weighted by Crippen LogP contribution is -2.27. The molecule has 4 rings (SSSR count). The SMILES string of the molecule is CCOc1ccc(CNC(=O)c2ccc(CN3C=C(C=O)C(=N)CC3)cc2)cc1OC.CNc1ccc(F)c(C(F)(F)F)c1. The Hall–Kier alpha value is -4.87. The van der Waals surface area contributed by atoms with Crippen molar-refractivity contribution in [2.45, 2.75) is 32.6 Å². The molecule has 1 heterocycles. The number of anilines is 1. The summed E-state index contributed by atoms with van der Waals surface area (Å²) >= 11 is 0. The Morgan fingerprint density at radius 3 is 2.36 bits per heavy atom. The van der Waals surface area contributed by atoms with E-state index in [0.717, 1.165) is 29.5 Å². The zero-order valence-electron chi connectivity index (χ0n) is 24.6. The van der Waals surface area contributed by atoms with Crippen LogP contribution in [-0.4, -0.2) is 50.1 Å². The highest BCUT2D eigenvalue weighted by Gasteiger charge is 2.34. The second-order valence-electron chi connectivity index (χ2n) is 9.64. The molecule has 0 fully saturated rings. The van der Waals surface area contributed by atoms with Crippen LogP contribution in [0.5, 0.6) is 11.5 Å². The molecule has 12 heteroatoms. The maximum absolute atomic E-state index is 12.7. The van der Waals surface area contributed by atoms with Gasteiger partial charge in [-0.15, -0.1) is 0 Å². The quantitative estimate of drug-likeness (QED) is 0.185. The normalized spacial score (nSPS) is 12.8. The first-order chi connectivity index (χ1) is 21.0. The van der Waals surface area contributed by atoms with Gasteiger partial charge in [-0.1, -0.05) is 18.2 Å². The Bertz CT molecular complexity index is 1490. The molecule has 234 valence electrons. The number of methoxy groups -OCH3 is 1. The smallest absolute Gasteiger partial charge is 0.419 e. The van der Waals surface area contributed by atoms with Gasteiger partial charge in [-0.25, -0.2) is 4.39 Å². The summed E-state index contributed by atoms with van der Waals surface area (Å²) in [6.45, 7) is 4.17. The van der Waals surface area contributed by atoms with Crippen molar-refractivity contribution in [3.05, 3.63) is 101 Å². The van der Waals surface area contributed by atoms with Crippen LogP contribution in [-0.2, 0) is 24.1 Å². The number of nitrogens with zero attached hydrogens (tertiary/aromatic N) is 1.